The molecule has 0 spiro atoms. The molecule has 0 bridgehead atoms. The van der Waals surface area contributed by atoms with Crippen LogP contribution in [0.25, 0.3) is 0 Å². The first kappa shape index (κ1) is 19.6. The number of thiophene rings is 1. The molecule has 0 radical (unpaired) electrons. The van der Waals surface area contributed by atoms with Gasteiger partial charge in [-0.3, -0.25) is 4.79 Å². The van der Waals surface area contributed by atoms with Gasteiger partial charge < -0.3 is 5.32 Å². The molecule has 1 aromatic carbocycles. The minimum Gasteiger partial charge on any atom is -0.317 e. The number of nitrogens with zero attached hydrogens (tertiary/aromatic N) is 1. The van der Waals surface area contributed by atoms with E-state index < -0.39 is 9.84 Å². The van der Waals surface area contributed by atoms with Gasteiger partial charge in [0.25, 0.3) is 0 Å². The first-order chi connectivity index (χ1) is 12.8. The highest BCUT2D eigenvalue weighted by Gasteiger charge is 2.25. The summed E-state index contributed by atoms with van der Waals surface area (Å²) in [5, 5.41) is 12.8. The van der Waals surface area contributed by atoms with Crippen LogP contribution in [0.15, 0.2) is 29.2 Å². The van der Waals surface area contributed by atoms with Gasteiger partial charge in [0.1, 0.15) is 11.1 Å². The minimum atomic E-state index is -3.51. The van der Waals surface area contributed by atoms with Gasteiger partial charge in [0.2, 0.25) is 5.91 Å². The van der Waals surface area contributed by atoms with E-state index in [2.05, 4.69) is 18.3 Å². The number of carbonyl (C=O) groups is 1. The molecule has 0 aliphatic heterocycles. The Morgan fingerprint density at radius 2 is 2.04 bits per heavy atom. The summed E-state index contributed by atoms with van der Waals surface area (Å²) >= 11 is 1.45. The van der Waals surface area contributed by atoms with E-state index >= 15 is 0 Å². The quantitative estimate of drug-likeness (QED) is 0.823. The number of hydrogen-bond donors (Lipinski definition) is 1. The molecule has 3 rings (SSSR count). The summed E-state index contributed by atoms with van der Waals surface area (Å²) in [6.45, 7) is 4.07. The summed E-state index contributed by atoms with van der Waals surface area (Å²) in [6, 6.07) is 8.80. The van der Waals surface area contributed by atoms with Crippen LogP contribution in [0.3, 0.4) is 0 Å². The summed E-state index contributed by atoms with van der Waals surface area (Å²) in [7, 11) is -3.51. The zero-order valence-corrected chi connectivity index (χ0v) is 17.0. The summed E-state index contributed by atoms with van der Waals surface area (Å²) in [6.07, 6.45) is 2.68. The zero-order valence-electron chi connectivity index (χ0n) is 15.4. The van der Waals surface area contributed by atoms with E-state index in [1.54, 1.807) is 24.3 Å². The lowest BCUT2D eigenvalue weighted by Crippen LogP contribution is -2.17. The molecule has 0 unspecified atom stereocenters. The largest absolute Gasteiger partial charge is 0.317 e. The topological polar surface area (TPSA) is 87.0 Å². The second kappa shape index (κ2) is 7.83. The fourth-order valence-corrected chi connectivity index (χ4v) is 5.85. The van der Waals surface area contributed by atoms with Crippen LogP contribution < -0.4 is 5.32 Å². The number of rotatable bonds is 5. The fourth-order valence-electron chi connectivity index (χ4n) is 3.24. The Kier molecular flexibility index (Phi) is 5.68. The third kappa shape index (κ3) is 4.40. The first-order valence-electron chi connectivity index (χ1n) is 8.94. The van der Waals surface area contributed by atoms with Crippen molar-refractivity contribution in [1.29, 1.82) is 5.26 Å². The number of sulfone groups is 1. The van der Waals surface area contributed by atoms with Gasteiger partial charge in [0.05, 0.1) is 16.2 Å². The van der Waals surface area contributed by atoms with Gasteiger partial charge in [-0.05, 0) is 49.8 Å². The fraction of sp³-hybridized carbons (Fsp3) is 0.400. The van der Waals surface area contributed by atoms with E-state index in [0.29, 0.717) is 16.5 Å². The number of nitrogens with one attached hydrogen (secondary N) is 1. The van der Waals surface area contributed by atoms with Crippen LogP contribution in [0.2, 0.25) is 0 Å². The average molecular weight is 403 g/mol. The van der Waals surface area contributed by atoms with Gasteiger partial charge in [0, 0.05) is 11.3 Å². The van der Waals surface area contributed by atoms with Crippen molar-refractivity contribution in [3.8, 4) is 6.07 Å². The van der Waals surface area contributed by atoms with Crippen molar-refractivity contribution < 1.29 is 13.2 Å². The number of anilines is 1. The number of aryl methyl sites for hydroxylation is 1. The highest BCUT2D eigenvalue weighted by Crippen LogP contribution is 2.39. The second-order valence-corrected chi connectivity index (χ2v) is 10.3. The first-order valence-corrected chi connectivity index (χ1v) is 11.4. The molecule has 1 aliphatic carbocycles. The highest BCUT2D eigenvalue weighted by molar-refractivity contribution is 7.91. The van der Waals surface area contributed by atoms with Crippen LogP contribution in [-0.4, -0.2) is 20.1 Å². The SMILES string of the molecule is Cc1ccc(S(=O)(=O)CCC(=O)Nc2sc3c(c2C#N)CC[C@H](C)C3)cc1. The molecule has 5 nitrogen and oxygen atoms in total. The lowest BCUT2D eigenvalue weighted by molar-refractivity contribution is -0.115. The molecule has 1 heterocycles. The Bertz CT molecular complexity index is 999. The summed E-state index contributed by atoms with van der Waals surface area (Å²) < 4.78 is 24.8. The Morgan fingerprint density at radius 1 is 1.33 bits per heavy atom. The van der Waals surface area contributed by atoms with Crippen LogP contribution in [0, 0.1) is 24.2 Å². The van der Waals surface area contributed by atoms with Crippen molar-refractivity contribution in [2.24, 2.45) is 5.92 Å². The van der Waals surface area contributed by atoms with E-state index in [4.69, 9.17) is 0 Å². The van der Waals surface area contributed by atoms with E-state index in [1.807, 2.05) is 6.92 Å². The van der Waals surface area contributed by atoms with Gasteiger partial charge in [-0.1, -0.05) is 24.6 Å². The van der Waals surface area contributed by atoms with Gasteiger partial charge in [-0.25, -0.2) is 8.42 Å². The van der Waals surface area contributed by atoms with Crippen LogP contribution in [0.5, 0.6) is 0 Å². The second-order valence-electron chi connectivity index (χ2n) is 7.10. The summed E-state index contributed by atoms with van der Waals surface area (Å²) in [4.78, 5) is 13.7. The number of amides is 1. The van der Waals surface area contributed by atoms with Crippen LogP contribution in [0.1, 0.15) is 41.3 Å². The highest BCUT2D eigenvalue weighted by atomic mass is 32.2. The molecular formula is C20H22N2O3S2. The lowest BCUT2D eigenvalue weighted by Gasteiger charge is -2.17. The molecule has 1 aromatic heterocycles. The molecule has 1 aliphatic rings. The number of nitriles is 1. The van der Waals surface area contributed by atoms with Crippen molar-refractivity contribution in [1.82, 2.24) is 0 Å². The van der Waals surface area contributed by atoms with Gasteiger partial charge in [-0.2, -0.15) is 5.26 Å². The molecule has 0 saturated carbocycles. The van der Waals surface area contributed by atoms with Crippen molar-refractivity contribution in [3.63, 3.8) is 0 Å². The Hall–Kier alpha value is -2.17. The predicted molar refractivity (Wildman–Crippen MR) is 107 cm³/mol. The monoisotopic (exact) mass is 402 g/mol. The number of fused-ring (bicyclic) bond motifs is 1. The maximum atomic E-state index is 12.4. The Morgan fingerprint density at radius 3 is 2.70 bits per heavy atom. The van der Waals surface area contributed by atoms with Crippen molar-refractivity contribution in [3.05, 3.63) is 45.8 Å². The lowest BCUT2D eigenvalue weighted by atomic mass is 9.89. The molecule has 1 N–H and O–H groups in total. The summed E-state index contributed by atoms with van der Waals surface area (Å²) in [5.74, 6) is -0.0638. The molecule has 7 heteroatoms. The van der Waals surface area contributed by atoms with Crippen molar-refractivity contribution >= 4 is 32.1 Å². The maximum absolute atomic E-state index is 12.4. The van der Waals surface area contributed by atoms with Gasteiger partial charge in [0.15, 0.2) is 9.84 Å². The number of hydrogen-bond acceptors (Lipinski definition) is 5. The molecule has 2 aromatic rings. The van der Waals surface area contributed by atoms with Gasteiger partial charge >= 0.3 is 0 Å². The minimum absolute atomic E-state index is 0.139. The normalized spacial score (nSPS) is 16.4. The van der Waals surface area contributed by atoms with E-state index in [-0.39, 0.29) is 23.0 Å². The van der Waals surface area contributed by atoms with Gasteiger partial charge in [-0.15, -0.1) is 11.3 Å². The van der Waals surface area contributed by atoms with Crippen LogP contribution >= 0.6 is 11.3 Å². The van der Waals surface area contributed by atoms with E-state index in [0.717, 1.165) is 35.3 Å². The molecular weight excluding hydrogens is 380 g/mol. The molecule has 27 heavy (non-hydrogen) atoms. The van der Waals surface area contributed by atoms with Crippen molar-refractivity contribution in [2.45, 2.75) is 44.4 Å². The van der Waals surface area contributed by atoms with E-state index in [9.17, 15) is 18.5 Å². The third-order valence-corrected chi connectivity index (χ3v) is 7.76. The molecule has 1 atom stereocenters. The number of carbonyl (C=O) groups excluding carboxylic acids is 1. The maximum Gasteiger partial charge on any atom is 0.226 e. The smallest absolute Gasteiger partial charge is 0.226 e. The van der Waals surface area contributed by atoms with Crippen molar-refractivity contribution in [2.75, 3.05) is 11.1 Å². The molecule has 0 fully saturated rings. The number of benzene rings is 1. The Labute approximate surface area is 164 Å². The van der Waals surface area contributed by atoms with Crippen LogP contribution in [0.4, 0.5) is 5.00 Å². The van der Waals surface area contributed by atoms with E-state index in [1.165, 1.54) is 11.3 Å². The molecule has 142 valence electrons. The average Bonchev–Trinajstić information content (AvgIpc) is 2.96. The van der Waals surface area contributed by atoms with Crippen LogP contribution in [-0.2, 0) is 27.5 Å². The summed E-state index contributed by atoms with van der Waals surface area (Å²) in [5.41, 5.74) is 2.56. The zero-order chi connectivity index (χ0) is 19.6. The molecule has 0 saturated heterocycles. The standard InChI is InChI=1S/C20H22N2O3S2/c1-13-3-6-15(7-4-13)27(24,25)10-9-19(23)22-20-17(12-21)16-8-5-14(2)11-18(16)26-20/h3-4,6-7,14H,5,8-11H2,1-2H3,(H,22,23)/t14-/m0/s1. The Balaban J connectivity index is 1.68. The third-order valence-electron chi connectivity index (χ3n) is 4.85. The molecule has 1 amide bonds. The predicted octanol–water partition coefficient (Wildman–Crippen LogP) is 3.86.